The molecule has 3 rings (SSSR count). The minimum Gasteiger partial charge on any atom is -0.492 e. The first-order valence-corrected chi connectivity index (χ1v) is 11.6. The third-order valence-corrected chi connectivity index (χ3v) is 6.25. The molecule has 9 nitrogen and oxygen atoms in total. The molecular formula is C23H35ClN4O5. The summed E-state index contributed by atoms with van der Waals surface area (Å²) in [5.41, 5.74) is 7.18. The third-order valence-electron chi connectivity index (χ3n) is 5.93. The maximum absolute atomic E-state index is 13.1. The number of piperidine rings is 1. The minimum absolute atomic E-state index is 0.157. The summed E-state index contributed by atoms with van der Waals surface area (Å²) in [6.07, 6.45) is 0.822. The van der Waals surface area contributed by atoms with Gasteiger partial charge in [0.15, 0.2) is 0 Å². The molecule has 33 heavy (non-hydrogen) atoms. The number of rotatable bonds is 6. The van der Waals surface area contributed by atoms with Crippen LogP contribution in [0.5, 0.6) is 5.75 Å². The molecule has 0 saturated carbocycles. The number of benzene rings is 1. The summed E-state index contributed by atoms with van der Waals surface area (Å²) in [6.45, 7) is 8.65. The average molecular weight is 483 g/mol. The average Bonchev–Trinajstić information content (AvgIpc) is 3.24. The van der Waals surface area contributed by atoms with Crippen molar-refractivity contribution >= 4 is 29.3 Å². The van der Waals surface area contributed by atoms with E-state index in [0.717, 1.165) is 12.1 Å². The smallest absolute Gasteiger partial charge is 0.410 e. The predicted octanol–water partition coefficient (Wildman–Crippen LogP) is 2.54. The molecule has 2 aliphatic rings. The van der Waals surface area contributed by atoms with E-state index < -0.39 is 5.60 Å². The number of carbonyl (C=O) groups excluding carboxylic acids is 2. The van der Waals surface area contributed by atoms with Crippen molar-refractivity contribution in [2.45, 2.75) is 51.4 Å². The minimum atomic E-state index is -0.525. The topological polar surface area (TPSA) is 106 Å². The molecule has 1 aromatic rings. The largest absolute Gasteiger partial charge is 0.492 e. The number of hydrogen-bond acceptors (Lipinski definition) is 7. The highest BCUT2D eigenvalue weighted by molar-refractivity contribution is 6.33. The van der Waals surface area contributed by atoms with Crippen molar-refractivity contribution in [1.29, 1.82) is 0 Å². The van der Waals surface area contributed by atoms with Gasteiger partial charge in [0.05, 0.1) is 35.0 Å². The second-order valence-corrected chi connectivity index (χ2v) is 9.98. The molecule has 0 radical (unpaired) electrons. The fraction of sp³-hybridized carbons (Fsp3) is 0.652. The van der Waals surface area contributed by atoms with Crippen LogP contribution in [0.4, 0.5) is 10.5 Å². The van der Waals surface area contributed by atoms with Gasteiger partial charge in [-0.1, -0.05) is 11.6 Å². The molecule has 1 saturated heterocycles. The van der Waals surface area contributed by atoms with Gasteiger partial charge in [-0.25, -0.2) is 4.79 Å². The zero-order chi connectivity index (χ0) is 24.3. The van der Waals surface area contributed by atoms with E-state index in [4.69, 9.17) is 31.5 Å². The van der Waals surface area contributed by atoms with Gasteiger partial charge in [0.2, 0.25) is 0 Å². The van der Waals surface area contributed by atoms with Crippen LogP contribution in [0.1, 0.15) is 43.1 Å². The first-order valence-electron chi connectivity index (χ1n) is 11.2. The van der Waals surface area contributed by atoms with E-state index in [1.165, 1.54) is 0 Å². The van der Waals surface area contributed by atoms with E-state index in [1.807, 2.05) is 20.8 Å². The van der Waals surface area contributed by atoms with Gasteiger partial charge < -0.3 is 30.2 Å². The van der Waals surface area contributed by atoms with Crippen molar-refractivity contribution in [3.63, 3.8) is 0 Å². The van der Waals surface area contributed by atoms with Crippen molar-refractivity contribution in [2.75, 3.05) is 52.7 Å². The molecule has 1 fully saturated rings. The van der Waals surface area contributed by atoms with Crippen LogP contribution < -0.4 is 15.8 Å². The molecule has 184 valence electrons. The highest BCUT2D eigenvalue weighted by Crippen LogP contribution is 2.38. The Balaban J connectivity index is 1.56. The van der Waals surface area contributed by atoms with Crippen molar-refractivity contribution in [2.24, 2.45) is 0 Å². The summed E-state index contributed by atoms with van der Waals surface area (Å²) in [7, 11) is 3.37. The Hall–Kier alpha value is -2.23. The molecule has 2 amide bonds. The lowest BCUT2D eigenvalue weighted by Crippen LogP contribution is -2.55. The van der Waals surface area contributed by atoms with E-state index >= 15 is 0 Å². The Morgan fingerprint density at radius 2 is 2.12 bits per heavy atom. The molecule has 0 unspecified atom stereocenters. The Labute approximate surface area is 200 Å². The molecule has 2 atom stereocenters. The first-order chi connectivity index (χ1) is 15.5. The number of anilines is 1. The Morgan fingerprint density at radius 3 is 2.79 bits per heavy atom. The number of methoxy groups -OCH3 is 1. The van der Waals surface area contributed by atoms with Crippen LogP contribution in [0.3, 0.4) is 0 Å². The molecule has 0 bridgehead atoms. The van der Waals surface area contributed by atoms with Crippen LogP contribution in [0, 0.1) is 0 Å². The van der Waals surface area contributed by atoms with Gasteiger partial charge in [-0.05, 0) is 33.3 Å². The summed E-state index contributed by atoms with van der Waals surface area (Å²) in [5, 5.41) is 3.45. The third kappa shape index (κ3) is 6.22. The van der Waals surface area contributed by atoms with E-state index in [2.05, 4.69) is 10.2 Å². The van der Waals surface area contributed by atoms with Crippen molar-refractivity contribution in [3.05, 3.63) is 22.2 Å². The number of nitrogen functional groups attached to an aromatic ring is 1. The molecule has 3 N–H and O–H groups in total. The van der Waals surface area contributed by atoms with Crippen LogP contribution >= 0.6 is 11.6 Å². The fourth-order valence-corrected chi connectivity index (χ4v) is 4.32. The van der Waals surface area contributed by atoms with Gasteiger partial charge in [0.25, 0.3) is 5.91 Å². The zero-order valence-corrected chi connectivity index (χ0v) is 20.8. The number of ether oxygens (including phenoxy) is 3. The second kappa shape index (κ2) is 10.4. The summed E-state index contributed by atoms with van der Waals surface area (Å²) in [5.74, 6) is 0.270. The molecule has 0 spiro atoms. The summed E-state index contributed by atoms with van der Waals surface area (Å²) in [4.78, 5) is 29.0. The highest BCUT2D eigenvalue weighted by Gasteiger charge is 2.33. The van der Waals surface area contributed by atoms with E-state index in [9.17, 15) is 9.59 Å². The molecule has 2 heterocycles. The number of amides is 2. The van der Waals surface area contributed by atoms with E-state index in [-0.39, 0.29) is 24.1 Å². The second-order valence-electron chi connectivity index (χ2n) is 9.57. The Bertz CT molecular complexity index is 889. The predicted molar refractivity (Wildman–Crippen MR) is 127 cm³/mol. The fourth-order valence-electron chi connectivity index (χ4n) is 4.09. The van der Waals surface area contributed by atoms with E-state index in [0.29, 0.717) is 61.1 Å². The maximum atomic E-state index is 13.1. The number of nitrogens with two attached hydrogens (primary N) is 1. The first kappa shape index (κ1) is 25.4. The van der Waals surface area contributed by atoms with Crippen LogP contribution in [-0.4, -0.2) is 86.5 Å². The number of likely N-dealkylation sites (tertiary alicyclic amines) is 1. The quantitative estimate of drug-likeness (QED) is 0.600. The molecule has 0 aromatic heterocycles. The van der Waals surface area contributed by atoms with Gasteiger partial charge in [0.1, 0.15) is 11.4 Å². The van der Waals surface area contributed by atoms with Crippen molar-refractivity contribution in [3.8, 4) is 5.75 Å². The lowest BCUT2D eigenvalue weighted by atomic mass is 10.00. The lowest BCUT2D eigenvalue weighted by molar-refractivity contribution is 0.00123. The Kier molecular flexibility index (Phi) is 7.97. The van der Waals surface area contributed by atoms with Gasteiger partial charge in [0, 0.05) is 52.3 Å². The van der Waals surface area contributed by atoms with Crippen molar-refractivity contribution < 1.29 is 23.8 Å². The lowest BCUT2D eigenvalue weighted by Gasteiger charge is -2.38. The highest BCUT2D eigenvalue weighted by atomic mass is 35.5. The molecule has 2 aliphatic heterocycles. The number of halogens is 1. The number of carbonyl (C=O) groups is 2. The normalized spacial score (nSPS) is 20.7. The number of nitrogens with zero attached hydrogens (tertiary/aromatic N) is 2. The zero-order valence-electron chi connectivity index (χ0n) is 20.1. The summed E-state index contributed by atoms with van der Waals surface area (Å²) < 4.78 is 16.8. The number of fused-ring (bicyclic) bond motifs is 1. The standard InChI is InChI=1S/C23H35ClN4O5/c1-23(2,3)33-22(30)27(4)9-10-28-8-6-17(18(13-28)31-5)26-21(29)15-12-16(24)19(25)14-7-11-32-20(14)15/h12,17-18H,6-11,13,25H2,1-5H3,(H,26,29)/t17-,18+/m0/s1. The van der Waals surface area contributed by atoms with Gasteiger partial charge in [-0.15, -0.1) is 0 Å². The maximum Gasteiger partial charge on any atom is 0.410 e. The number of nitrogens with one attached hydrogen (secondary N) is 1. The number of hydrogen-bond donors (Lipinski definition) is 2. The van der Waals surface area contributed by atoms with Crippen LogP contribution in [0.2, 0.25) is 5.02 Å². The van der Waals surface area contributed by atoms with Crippen LogP contribution in [-0.2, 0) is 15.9 Å². The number of likely N-dealkylation sites (N-methyl/N-ethyl adjacent to an activating group) is 1. The SMILES string of the molecule is CO[C@@H]1CN(CCN(C)C(=O)OC(C)(C)C)CC[C@@H]1NC(=O)c1cc(Cl)c(N)c2c1OCC2. The summed E-state index contributed by atoms with van der Waals surface area (Å²) in [6, 6.07) is 1.41. The monoisotopic (exact) mass is 482 g/mol. The van der Waals surface area contributed by atoms with Gasteiger partial charge in [-0.2, -0.15) is 0 Å². The van der Waals surface area contributed by atoms with Gasteiger partial charge >= 0.3 is 6.09 Å². The summed E-state index contributed by atoms with van der Waals surface area (Å²) >= 11 is 6.25. The Morgan fingerprint density at radius 1 is 1.39 bits per heavy atom. The molecular weight excluding hydrogens is 448 g/mol. The van der Waals surface area contributed by atoms with Gasteiger partial charge in [-0.3, -0.25) is 9.69 Å². The van der Waals surface area contributed by atoms with Crippen molar-refractivity contribution in [1.82, 2.24) is 15.1 Å². The van der Waals surface area contributed by atoms with Crippen LogP contribution in [0.25, 0.3) is 0 Å². The molecule has 1 aromatic carbocycles. The van der Waals surface area contributed by atoms with E-state index in [1.54, 1.807) is 25.1 Å². The molecule has 0 aliphatic carbocycles. The van der Waals surface area contributed by atoms with Crippen LogP contribution in [0.15, 0.2) is 6.07 Å². The molecule has 10 heteroatoms.